The Bertz CT molecular complexity index is 419. The molecule has 1 fully saturated rings. The predicted octanol–water partition coefficient (Wildman–Crippen LogP) is 1.89. The van der Waals surface area contributed by atoms with Crippen molar-refractivity contribution in [2.75, 3.05) is 18.0 Å². The SMILES string of the molecule is CCCNC1CCCN(c2cnccc2C)C1=O. The molecule has 1 aliphatic rings. The molecule has 0 aromatic carbocycles. The molecule has 1 amide bonds. The van der Waals surface area contributed by atoms with E-state index in [-0.39, 0.29) is 11.9 Å². The zero-order valence-electron chi connectivity index (χ0n) is 11.1. The first-order chi connectivity index (χ1) is 8.74. The van der Waals surface area contributed by atoms with Gasteiger partial charge in [0.25, 0.3) is 0 Å². The van der Waals surface area contributed by atoms with Crippen LogP contribution in [-0.2, 0) is 4.79 Å². The number of hydrogen-bond acceptors (Lipinski definition) is 3. The molecule has 0 aliphatic carbocycles. The quantitative estimate of drug-likeness (QED) is 0.883. The van der Waals surface area contributed by atoms with Gasteiger partial charge in [-0.1, -0.05) is 6.92 Å². The maximum Gasteiger partial charge on any atom is 0.244 e. The molecule has 1 saturated heterocycles. The summed E-state index contributed by atoms with van der Waals surface area (Å²) >= 11 is 0. The van der Waals surface area contributed by atoms with Gasteiger partial charge in [0, 0.05) is 12.7 Å². The molecule has 18 heavy (non-hydrogen) atoms. The number of hydrogen-bond donors (Lipinski definition) is 1. The topological polar surface area (TPSA) is 45.2 Å². The maximum absolute atomic E-state index is 12.4. The average molecular weight is 247 g/mol. The standard InChI is InChI=1S/C14H21N3O/c1-3-7-16-12-5-4-9-17(14(12)18)13-10-15-8-6-11(13)2/h6,8,10,12,16H,3-5,7,9H2,1-2H3. The molecule has 4 nitrogen and oxygen atoms in total. The third kappa shape index (κ3) is 2.70. The van der Waals surface area contributed by atoms with Gasteiger partial charge in [-0.15, -0.1) is 0 Å². The van der Waals surface area contributed by atoms with Crippen molar-refractivity contribution in [2.45, 2.75) is 39.2 Å². The summed E-state index contributed by atoms with van der Waals surface area (Å²) in [7, 11) is 0. The molecule has 0 spiro atoms. The molecule has 1 N–H and O–H groups in total. The second kappa shape index (κ2) is 5.96. The van der Waals surface area contributed by atoms with Crippen LogP contribution in [0.1, 0.15) is 31.7 Å². The number of piperidine rings is 1. The number of nitrogens with zero attached hydrogens (tertiary/aromatic N) is 2. The van der Waals surface area contributed by atoms with E-state index in [1.807, 2.05) is 17.9 Å². The van der Waals surface area contributed by atoms with Crippen LogP contribution >= 0.6 is 0 Å². The Labute approximate surface area is 108 Å². The number of carbonyl (C=O) groups excluding carboxylic acids is 1. The van der Waals surface area contributed by atoms with Crippen molar-refractivity contribution in [3.05, 3.63) is 24.0 Å². The molecule has 0 bridgehead atoms. The molecular formula is C14H21N3O. The molecule has 1 atom stereocenters. The van der Waals surface area contributed by atoms with Crippen molar-refractivity contribution in [3.8, 4) is 0 Å². The normalized spacial score (nSPS) is 20.2. The van der Waals surface area contributed by atoms with Crippen LogP contribution in [0.3, 0.4) is 0 Å². The molecule has 4 heteroatoms. The number of nitrogens with one attached hydrogen (secondary N) is 1. The summed E-state index contributed by atoms with van der Waals surface area (Å²) in [5.74, 6) is 0.186. The summed E-state index contributed by atoms with van der Waals surface area (Å²) in [6.07, 6.45) is 6.58. The van der Waals surface area contributed by atoms with Gasteiger partial charge in [-0.25, -0.2) is 0 Å². The first kappa shape index (κ1) is 13.0. The summed E-state index contributed by atoms with van der Waals surface area (Å²) in [6.45, 7) is 5.84. The van der Waals surface area contributed by atoms with Crippen molar-refractivity contribution in [1.29, 1.82) is 0 Å². The molecule has 2 heterocycles. The Morgan fingerprint density at radius 2 is 2.39 bits per heavy atom. The number of anilines is 1. The summed E-state index contributed by atoms with van der Waals surface area (Å²) in [6, 6.07) is 1.92. The fraction of sp³-hybridized carbons (Fsp3) is 0.571. The minimum Gasteiger partial charge on any atom is -0.309 e. The van der Waals surface area contributed by atoms with Crippen LogP contribution in [0.25, 0.3) is 0 Å². The highest BCUT2D eigenvalue weighted by Crippen LogP contribution is 2.23. The maximum atomic E-state index is 12.4. The molecule has 0 saturated carbocycles. The molecule has 2 rings (SSSR count). The zero-order chi connectivity index (χ0) is 13.0. The van der Waals surface area contributed by atoms with Crippen molar-refractivity contribution < 1.29 is 4.79 Å². The van der Waals surface area contributed by atoms with E-state index < -0.39 is 0 Å². The Hall–Kier alpha value is -1.42. The molecule has 1 unspecified atom stereocenters. The lowest BCUT2D eigenvalue weighted by Crippen LogP contribution is -2.51. The largest absolute Gasteiger partial charge is 0.309 e. The Morgan fingerprint density at radius 1 is 1.56 bits per heavy atom. The van der Waals surface area contributed by atoms with Gasteiger partial charge in [0.05, 0.1) is 17.9 Å². The fourth-order valence-corrected chi connectivity index (χ4v) is 2.36. The van der Waals surface area contributed by atoms with Crippen molar-refractivity contribution in [1.82, 2.24) is 10.3 Å². The van der Waals surface area contributed by atoms with E-state index in [0.29, 0.717) is 0 Å². The van der Waals surface area contributed by atoms with Crippen LogP contribution in [0, 0.1) is 6.92 Å². The fourth-order valence-electron chi connectivity index (χ4n) is 2.36. The van der Waals surface area contributed by atoms with E-state index in [1.54, 1.807) is 12.4 Å². The molecule has 0 radical (unpaired) electrons. The lowest BCUT2D eigenvalue weighted by atomic mass is 10.0. The minimum absolute atomic E-state index is 0.0293. The highest BCUT2D eigenvalue weighted by molar-refractivity contribution is 5.98. The van der Waals surface area contributed by atoms with Gasteiger partial charge >= 0.3 is 0 Å². The summed E-state index contributed by atoms with van der Waals surface area (Å²) in [5.41, 5.74) is 2.06. The van der Waals surface area contributed by atoms with E-state index in [4.69, 9.17) is 0 Å². The number of pyridine rings is 1. The Morgan fingerprint density at radius 3 is 3.11 bits per heavy atom. The molecule has 1 aromatic rings. The average Bonchev–Trinajstić information content (AvgIpc) is 2.39. The number of aryl methyl sites for hydroxylation is 1. The summed E-state index contributed by atoms with van der Waals surface area (Å²) in [5, 5.41) is 3.33. The predicted molar refractivity (Wildman–Crippen MR) is 72.6 cm³/mol. The molecular weight excluding hydrogens is 226 g/mol. The van der Waals surface area contributed by atoms with Crippen molar-refractivity contribution in [3.63, 3.8) is 0 Å². The smallest absolute Gasteiger partial charge is 0.244 e. The van der Waals surface area contributed by atoms with Crippen LogP contribution in [0.5, 0.6) is 0 Å². The lowest BCUT2D eigenvalue weighted by Gasteiger charge is -2.33. The highest BCUT2D eigenvalue weighted by atomic mass is 16.2. The highest BCUT2D eigenvalue weighted by Gasteiger charge is 2.29. The van der Waals surface area contributed by atoms with Gasteiger partial charge in [0.15, 0.2) is 0 Å². The van der Waals surface area contributed by atoms with Gasteiger partial charge in [-0.2, -0.15) is 0 Å². The van der Waals surface area contributed by atoms with Crippen LogP contribution in [0.15, 0.2) is 18.5 Å². The number of aromatic nitrogens is 1. The van der Waals surface area contributed by atoms with Gasteiger partial charge in [-0.05, 0) is 44.4 Å². The van der Waals surface area contributed by atoms with Crippen molar-refractivity contribution >= 4 is 11.6 Å². The monoisotopic (exact) mass is 247 g/mol. The Balaban J connectivity index is 2.14. The minimum atomic E-state index is -0.0293. The van der Waals surface area contributed by atoms with E-state index in [2.05, 4.69) is 17.2 Å². The van der Waals surface area contributed by atoms with Crippen LogP contribution in [0.2, 0.25) is 0 Å². The van der Waals surface area contributed by atoms with Crippen molar-refractivity contribution in [2.24, 2.45) is 0 Å². The third-order valence-corrected chi connectivity index (χ3v) is 3.38. The van der Waals surface area contributed by atoms with E-state index in [9.17, 15) is 4.79 Å². The molecule has 1 aromatic heterocycles. The van der Waals surface area contributed by atoms with Gasteiger partial charge < -0.3 is 10.2 Å². The molecule has 1 aliphatic heterocycles. The van der Waals surface area contributed by atoms with Gasteiger partial charge in [0.2, 0.25) is 5.91 Å². The van der Waals surface area contributed by atoms with E-state index in [0.717, 1.165) is 43.6 Å². The first-order valence-electron chi connectivity index (χ1n) is 6.69. The van der Waals surface area contributed by atoms with Gasteiger partial charge in [0.1, 0.15) is 0 Å². The third-order valence-electron chi connectivity index (χ3n) is 3.38. The van der Waals surface area contributed by atoms with Crippen LogP contribution in [0.4, 0.5) is 5.69 Å². The second-order valence-electron chi connectivity index (χ2n) is 4.80. The van der Waals surface area contributed by atoms with Crippen LogP contribution in [-0.4, -0.2) is 30.0 Å². The van der Waals surface area contributed by atoms with E-state index >= 15 is 0 Å². The second-order valence-corrected chi connectivity index (χ2v) is 4.80. The number of rotatable bonds is 4. The summed E-state index contributed by atoms with van der Waals surface area (Å²) < 4.78 is 0. The van der Waals surface area contributed by atoms with Gasteiger partial charge in [-0.3, -0.25) is 9.78 Å². The Kier molecular flexibility index (Phi) is 4.31. The number of amides is 1. The lowest BCUT2D eigenvalue weighted by molar-refractivity contribution is -0.121. The number of carbonyl (C=O) groups is 1. The zero-order valence-corrected chi connectivity index (χ0v) is 11.1. The first-order valence-corrected chi connectivity index (χ1v) is 6.69. The molecule has 98 valence electrons. The van der Waals surface area contributed by atoms with E-state index in [1.165, 1.54) is 0 Å². The van der Waals surface area contributed by atoms with Crippen LogP contribution < -0.4 is 10.2 Å². The summed E-state index contributed by atoms with van der Waals surface area (Å²) in [4.78, 5) is 18.4.